The Hall–Kier alpha value is -7.13. The lowest BCUT2D eigenvalue weighted by molar-refractivity contribution is -0.120. The number of ether oxygens (including phenoxy) is 4. The van der Waals surface area contributed by atoms with E-state index in [0.717, 1.165) is 105 Å². The van der Waals surface area contributed by atoms with Gasteiger partial charge in [-0.2, -0.15) is 4.90 Å². The van der Waals surface area contributed by atoms with Gasteiger partial charge in [0.2, 0.25) is 5.91 Å². The maximum Gasteiger partial charge on any atom is 0.425 e. The predicted octanol–water partition coefficient (Wildman–Crippen LogP) is 11.7. The number of para-hydroxylation sites is 1. The number of hydrogen-bond acceptors (Lipinski definition) is 15. The number of aromatic nitrogens is 4. The van der Waals surface area contributed by atoms with Crippen molar-refractivity contribution in [2.24, 2.45) is 5.41 Å². The van der Waals surface area contributed by atoms with Crippen molar-refractivity contribution in [3.63, 3.8) is 0 Å². The molecule has 5 aromatic rings. The molecular formula is C64H81F2N11O8. The van der Waals surface area contributed by atoms with E-state index in [4.69, 9.17) is 23.9 Å². The molecule has 2 bridgehead atoms. The van der Waals surface area contributed by atoms with E-state index in [9.17, 15) is 19.2 Å². The summed E-state index contributed by atoms with van der Waals surface area (Å²) in [6, 6.07) is 16.5. The smallest absolute Gasteiger partial charge is 0.425 e. The summed E-state index contributed by atoms with van der Waals surface area (Å²) < 4.78 is 58.3. The van der Waals surface area contributed by atoms with E-state index in [2.05, 4.69) is 47.0 Å². The zero-order chi connectivity index (χ0) is 59.6. The van der Waals surface area contributed by atoms with Crippen molar-refractivity contribution in [2.75, 3.05) is 90.8 Å². The highest BCUT2D eigenvalue weighted by atomic mass is 19.1. The van der Waals surface area contributed by atoms with Crippen LogP contribution in [0.15, 0.2) is 67.0 Å². The molecule has 5 aliphatic heterocycles. The Kier molecular flexibility index (Phi) is 15.7. The van der Waals surface area contributed by atoms with Crippen molar-refractivity contribution in [1.82, 2.24) is 30.0 Å². The molecule has 1 spiro atoms. The van der Waals surface area contributed by atoms with Crippen LogP contribution in [0.4, 0.5) is 51.7 Å². The van der Waals surface area contributed by atoms with Gasteiger partial charge in [-0.15, -0.1) is 10.2 Å². The molecule has 21 heteroatoms. The summed E-state index contributed by atoms with van der Waals surface area (Å²) >= 11 is 0. The fourth-order valence-electron chi connectivity index (χ4n) is 14.1. The maximum absolute atomic E-state index is 17.0. The Morgan fingerprint density at radius 1 is 0.753 bits per heavy atom. The molecule has 1 N–H and O–H groups in total. The van der Waals surface area contributed by atoms with Crippen LogP contribution in [0.25, 0.3) is 22.3 Å². The second-order valence-corrected chi connectivity index (χ2v) is 26.8. The van der Waals surface area contributed by atoms with Gasteiger partial charge < -0.3 is 43.1 Å². The van der Waals surface area contributed by atoms with Crippen LogP contribution < -0.4 is 34.6 Å². The molecule has 5 saturated heterocycles. The van der Waals surface area contributed by atoms with Crippen LogP contribution in [-0.2, 0) is 19.0 Å². The second kappa shape index (κ2) is 22.9. The van der Waals surface area contributed by atoms with Crippen LogP contribution in [0.1, 0.15) is 143 Å². The molecule has 85 heavy (non-hydrogen) atoms. The number of benzene rings is 2. The van der Waals surface area contributed by atoms with E-state index >= 15 is 8.78 Å². The van der Waals surface area contributed by atoms with Crippen LogP contribution >= 0.6 is 0 Å². The van der Waals surface area contributed by atoms with Crippen LogP contribution in [0, 0.1) is 11.2 Å². The van der Waals surface area contributed by atoms with Crippen LogP contribution in [0.2, 0.25) is 0 Å². The Labute approximate surface area is 496 Å². The van der Waals surface area contributed by atoms with Gasteiger partial charge >= 0.3 is 18.2 Å². The number of rotatable bonds is 13. The zero-order valence-electron chi connectivity index (χ0n) is 50.2. The number of likely N-dealkylation sites (tertiary alicyclic amines) is 1. The Morgan fingerprint density at radius 2 is 1.44 bits per heavy atom. The SMILES string of the molecule is COCOc1ccccc1-c1cc(N2CC3CCC(C2)N3c2ccc(F)c(N3CCC(F)(CN4CCC5(CCC(n6cc(C7CC7)c7cc(N8CCC(=O)NC8=O)cnc76)CC5)CC4)CC3)c2)c(N(C(=O)OC(C)(C)C)C(=O)OC(C)(C)C)nn1. The second-order valence-electron chi connectivity index (χ2n) is 26.8. The van der Waals surface area contributed by atoms with Crippen LogP contribution in [0.3, 0.4) is 0 Å². The average molecular weight is 1170 g/mol. The minimum absolute atomic E-state index is 0.00311. The Bertz CT molecular complexity index is 3290. The van der Waals surface area contributed by atoms with Crippen molar-refractivity contribution >= 4 is 63.7 Å². The van der Waals surface area contributed by atoms with Crippen LogP contribution in [-0.4, -0.2) is 144 Å². The zero-order valence-corrected chi connectivity index (χ0v) is 50.2. The number of imide groups is 2. The first kappa shape index (κ1) is 58.3. The quantitative estimate of drug-likeness (QED) is 0.110. The van der Waals surface area contributed by atoms with Gasteiger partial charge in [-0.05, 0) is 178 Å². The lowest BCUT2D eigenvalue weighted by Crippen LogP contribution is -2.55. The number of alkyl halides is 1. The minimum Gasteiger partial charge on any atom is -0.467 e. The van der Waals surface area contributed by atoms with E-state index in [1.165, 1.54) is 18.7 Å². The molecule has 0 radical (unpaired) electrons. The summed E-state index contributed by atoms with van der Waals surface area (Å²) in [7, 11) is 1.54. The molecule has 2 unspecified atom stereocenters. The number of halogens is 2. The predicted molar refractivity (Wildman–Crippen MR) is 321 cm³/mol. The normalized spacial score (nSPS) is 22.0. The van der Waals surface area contributed by atoms with E-state index < -0.39 is 35.1 Å². The fourth-order valence-corrected chi connectivity index (χ4v) is 14.1. The largest absolute Gasteiger partial charge is 0.467 e. The summed E-state index contributed by atoms with van der Waals surface area (Å²) in [5.41, 5.74) is 2.88. The van der Waals surface area contributed by atoms with E-state index in [-0.39, 0.29) is 48.3 Å². The molecule has 2 atom stereocenters. The minimum atomic E-state index is -1.37. The lowest BCUT2D eigenvalue weighted by atomic mass is 9.67. The number of fused-ring (bicyclic) bond motifs is 3. The molecule has 5 amide bonds. The van der Waals surface area contributed by atoms with Crippen molar-refractivity contribution < 1.29 is 46.9 Å². The van der Waals surface area contributed by atoms with E-state index in [1.807, 2.05) is 41.3 Å². The average Bonchev–Trinajstić information content (AvgIpc) is 2.63. The number of nitrogens with zero attached hydrogens (tertiary/aromatic N) is 10. The summed E-state index contributed by atoms with van der Waals surface area (Å²) in [4.78, 5) is 69.1. The van der Waals surface area contributed by atoms with Gasteiger partial charge in [-0.3, -0.25) is 15.0 Å². The Morgan fingerprint density at radius 3 is 2.08 bits per heavy atom. The standard InChI is InChI=1S/C64H81F2N11O8/c1-61(2,3)84-59(80)77(60(81)85-62(4,5)6)57-53(34-51(69-70-57)47-10-8-9-11-54(47)83-40-82-7)73-36-44-14-15-45(37-73)76(44)43-16-17-50(65)52(33-43)72-30-25-64(66,26-31-72)39-71-28-23-63(24-29-71)21-18-42(19-22-63)75-38-49(41-12-13-41)48-32-46(35-67-56(48)75)74-27-20-55(78)68-58(74)79/h8-11,16-17,32-35,38,41-42,44-45H,12-15,18-31,36-37,39-40H2,1-7H3,(H,68,78,79). The van der Waals surface area contributed by atoms with E-state index in [1.54, 1.807) is 58.7 Å². The first-order chi connectivity index (χ1) is 40.6. The number of nitrogens with one attached hydrogen (secondary N) is 1. The van der Waals surface area contributed by atoms with Gasteiger partial charge in [0.1, 0.15) is 34.1 Å². The molecule has 19 nitrogen and oxygen atoms in total. The number of pyridine rings is 1. The highest BCUT2D eigenvalue weighted by molar-refractivity contribution is 6.11. The summed E-state index contributed by atoms with van der Waals surface area (Å²) in [5, 5.41) is 12.7. The number of piperidine rings is 2. The molecule has 3 aromatic heterocycles. The number of carbonyl (C=O) groups excluding carboxylic acids is 4. The number of anilines is 5. The first-order valence-corrected chi connectivity index (χ1v) is 30.6. The fraction of sp³-hybridized carbons (Fsp3) is 0.578. The highest BCUT2D eigenvalue weighted by Gasteiger charge is 2.46. The van der Waals surface area contributed by atoms with E-state index in [0.29, 0.717) is 92.5 Å². The number of amides is 5. The van der Waals surface area contributed by atoms with Gasteiger partial charge in [-0.25, -0.2) is 28.1 Å². The number of urea groups is 1. The summed E-state index contributed by atoms with van der Waals surface area (Å²) in [5.74, 6) is 0.398. The molecule has 2 saturated carbocycles. The molecule has 7 aliphatic rings. The third kappa shape index (κ3) is 12.3. The van der Waals surface area contributed by atoms with Gasteiger partial charge in [0, 0.05) is 107 Å². The molecule has 8 heterocycles. The molecular weight excluding hydrogens is 1090 g/mol. The maximum atomic E-state index is 17.0. The number of methoxy groups -OCH3 is 1. The van der Waals surface area contributed by atoms with Crippen molar-refractivity contribution in [3.05, 3.63) is 78.4 Å². The topological polar surface area (TPSA) is 180 Å². The molecule has 454 valence electrons. The van der Waals surface area contributed by atoms with Crippen molar-refractivity contribution in [1.29, 1.82) is 0 Å². The van der Waals surface area contributed by atoms with Gasteiger partial charge in [0.15, 0.2) is 12.6 Å². The van der Waals surface area contributed by atoms with Crippen molar-refractivity contribution in [3.8, 4) is 17.0 Å². The monoisotopic (exact) mass is 1170 g/mol. The summed E-state index contributed by atoms with van der Waals surface area (Å²) in [6.07, 6.45) is 13.6. The molecule has 2 aromatic carbocycles. The molecule has 12 rings (SSSR count). The Balaban J connectivity index is 0.694. The first-order valence-electron chi connectivity index (χ1n) is 30.6. The van der Waals surface area contributed by atoms with Gasteiger partial charge in [0.25, 0.3) is 0 Å². The van der Waals surface area contributed by atoms with Gasteiger partial charge in [0.05, 0.1) is 29.0 Å². The van der Waals surface area contributed by atoms with Crippen LogP contribution in [0.5, 0.6) is 5.75 Å². The highest BCUT2D eigenvalue weighted by Crippen LogP contribution is 2.51. The number of hydrogen-bond donors (Lipinski definition) is 1. The lowest BCUT2D eigenvalue weighted by Gasteiger charge is -2.48. The van der Waals surface area contributed by atoms with Crippen molar-refractivity contribution in [2.45, 2.75) is 166 Å². The third-order valence-electron chi connectivity index (χ3n) is 18.6. The summed E-state index contributed by atoms with van der Waals surface area (Å²) in [6.45, 7) is 14.6. The third-order valence-corrected chi connectivity index (χ3v) is 18.6. The number of carbonyl (C=O) groups is 4. The number of piperazine rings is 1. The molecule has 2 aliphatic carbocycles. The molecule has 7 fully saturated rings. The van der Waals surface area contributed by atoms with Gasteiger partial charge in [-0.1, -0.05) is 12.1 Å².